The molecule has 102 valence electrons. The van der Waals surface area contributed by atoms with E-state index >= 15 is 0 Å². The highest BCUT2D eigenvalue weighted by Crippen LogP contribution is 2.16. The summed E-state index contributed by atoms with van der Waals surface area (Å²) >= 11 is 1.55. The van der Waals surface area contributed by atoms with Gasteiger partial charge < -0.3 is 20.5 Å². The molecule has 0 bridgehead atoms. The van der Waals surface area contributed by atoms with Gasteiger partial charge in [-0.1, -0.05) is 0 Å². The minimum absolute atomic E-state index is 0.224. The molecule has 0 aromatic carbocycles. The van der Waals surface area contributed by atoms with E-state index in [0.29, 0.717) is 0 Å². The van der Waals surface area contributed by atoms with E-state index in [9.17, 15) is 9.59 Å². The van der Waals surface area contributed by atoms with Crippen LogP contribution in [0.15, 0.2) is 11.1 Å². The average molecular weight is 274 g/mol. The highest BCUT2D eigenvalue weighted by molar-refractivity contribution is 8.02. The molecule has 1 amide bonds. The van der Waals surface area contributed by atoms with Crippen molar-refractivity contribution in [1.29, 1.82) is 0 Å². The molecule has 6 nitrogen and oxygen atoms in total. The third-order valence-electron chi connectivity index (χ3n) is 2.02. The second-order valence-corrected chi connectivity index (χ2v) is 5.73. The van der Waals surface area contributed by atoms with Gasteiger partial charge in [0.25, 0.3) is 0 Å². The van der Waals surface area contributed by atoms with Crippen molar-refractivity contribution in [1.82, 2.24) is 10.6 Å². The molecular formula is C11H18N2O4S. The predicted octanol–water partition coefficient (Wildman–Crippen LogP) is 1.49. The first-order valence-corrected chi connectivity index (χ1v) is 6.59. The molecule has 0 unspecified atom stereocenters. The minimum atomic E-state index is -1.08. The molecule has 1 atom stereocenters. The van der Waals surface area contributed by atoms with Crippen LogP contribution < -0.4 is 10.6 Å². The number of ether oxygens (including phenoxy) is 1. The van der Waals surface area contributed by atoms with Crippen molar-refractivity contribution in [2.75, 3.05) is 5.88 Å². The lowest BCUT2D eigenvalue weighted by Crippen LogP contribution is -2.44. The van der Waals surface area contributed by atoms with Crippen LogP contribution in [0.2, 0.25) is 0 Å². The number of carbonyl (C=O) groups excluding carboxylic acids is 1. The highest BCUT2D eigenvalue weighted by atomic mass is 32.2. The predicted molar refractivity (Wildman–Crippen MR) is 69.1 cm³/mol. The summed E-state index contributed by atoms with van der Waals surface area (Å²) in [6.07, 6.45) is -0.497. The van der Waals surface area contributed by atoms with Gasteiger partial charge in [-0.3, -0.25) is 0 Å². The van der Waals surface area contributed by atoms with Crippen LogP contribution >= 0.6 is 11.8 Å². The molecule has 7 heteroatoms. The summed E-state index contributed by atoms with van der Waals surface area (Å²) in [7, 11) is 0. The van der Waals surface area contributed by atoms with E-state index < -0.39 is 23.7 Å². The molecule has 1 heterocycles. The van der Waals surface area contributed by atoms with E-state index in [1.807, 2.05) is 5.41 Å². The van der Waals surface area contributed by atoms with Gasteiger partial charge in [-0.05, 0) is 26.2 Å². The number of carboxylic acids is 1. The molecular weight excluding hydrogens is 256 g/mol. The van der Waals surface area contributed by atoms with Crippen LogP contribution in [0.25, 0.3) is 0 Å². The second kappa shape index (κ2) is 5.99. The number of aliphatic carboxylic acids is 1. The highest BCUT2D eigenvalue weighted by Gasteiger charge is 2.25. The minimum Gasteiger partial charge on any atom is -0.480 e. The second-order valence-electron chi connectivity index (χ2n) is 4.87. The Labute approximate surface area is 110 Å². The van der Waals surface area contributed by atoms with Crippen molar-refractivity contribution in [3.8, 4) is 0 Å². The molecule has 0 fully saturated rings. The molecule has 1 aliphatic rings. The quantitative estimate of drug-likeness (QED) is 0.720. The Morgan fingerprint density at radius 3 is 2.72 bits per heavy atom. The summed E-state index contributed by atoms with van der Waals surface area (Å²) in [5, 5.41) is 16.3. The molecule has 3 N–H and O–H groups in total. The summed E-state index contributed by atoms with van der Waals surface area (Å²) in [5.74, 6) is -0.353. The fourth-order valence-electron chi connectivity index (χ4n) is 1.31. The Hall–Kier alpha value is -1.37. The van der Waals surface area contributed by atoms with E-state index in [-0.39, 0.29) is 6.42 Å². The fraction of sp³-hybridized carbons (Fsp3) is 0.636. The van der Waals surface area contributed by atoms with Gasteiger partial charge in [0, 0.05) is 12.1 Å². The number of amides is 1. The maximum absolute atomic E-state index is 11.5. The van der Waals surface area contributed by atoms with Gasteiger partial charge in [0.15, 0.2) is 0 Å². The largest absolute Gasteiger partial charge is 0.480 e. The van der Waals surface area contributed by atoms with Crippen LogP contribution in [0.3, 0.4) is 0 Å². The normalized spacial score (nSPS) is 16.5. The van der Waals surface area contributed by atoms with Crippen LogP contribution in [0.1, 0.15) is 27.2 Å². The topological polar surface area (TPSA) is 87.7 Å². The SMILES string of the molecule is CC(C)(C)OC(=O)N[C@@H](CC1=CSCN1)C(=O)O. The van der Waals surface area contributed by atoms with Gasteiger partial charge in [-0.15, -0.1) is 11.8 Å². The molecule has 0 saturated carbocycles. The molecule has 0 aromatic rings. The maximum Gasteiger partial charge on any atom is 0.408 e. The van der Waals surface area contributed by atoms with Crippen molar-refractivity contribution in [3.63, 3.8) is 0 Å². The molecule has 1 rings (SSSR count). The van der Waals surface area contributed by atoms with Gasteiger partial charge in [0.2, 0.25) is 0 Å². The van der Waals surface area contributed by atoms with Crippen LogP contribution in [0, 0.1) is 0 Å². The maximum atomic E-state index is 11.5. The van der Waals surface area contributed by atoms with Crippen molar-refractivity contribution in [2.24, 2.45) is 0 Å². The Bertz CT molecular complexity index is 363. The monoisotopic (exact) mass is 274 g/mol. The standard InChI is InChI=1S/C11H18N2O4S/c1-11(2,3)17-10(16)13-8(9(14)15)4-7-5-18-6-12-7/h5,8,12H,4,6H2,1-3H3,(H,13,16)(H,14,15)/t8-/m0/s1. The summed E-state index contributed by atoms with van der Waals surface area (Å²) in [6.45, 7) is 5.17. The van der Waals surface area contributed by atoms with Crippen LogP contribution in [-0.2, 0) is 9.53 Å². The van der Waals surface area contributed by atoms with Crippen molar-refractivity contribution in [2.45, 2.75) is 38.8 Å². The number of nitrogens with one attached hydrogen (secondary N) is 2. The summed E-state index contributed by atoms with van der Waals surface area (Å²) in [4.78, 5) is 22.6. The zero-order valence-corrected chi connectivity index (χ0v) is 11.5. The first kappa shape index (κ1) is 14.7. The Morgan fingerprint density at radius 1 is 1.61 bits per heavy atom. The summed E-state index contributed by atoms with van der Waals surface area (Å²) < 4.78 is 5.02. The first-order chi connectivity index (χ1) is 8.28. The van der Waals surface area contributed by atoms with Crippen LogP contribution in [0.4, 0.5) is 4.79 Å². The zero-order valence-electron chi connectivity index (χ0n) is 10.6. The lowest BCUT2D eigenvalue weighted by molar-refractivity contribution is -0.139. The molecule has 0 aromatic heterocycles. The Morgan fingerprint density at radius 2 is 2.28 bits per heavy atom. The summed E-state index contributed by atoms with van der Waals surface area (Å²) in [5.41, 5.74) is 0.164. The Kier molecular flexibility index (Phi) is 4.89. The third-order valence-corrected chi connectivity index (χ3v) is 2.78. The number of hydrogen-bond donors (Lipinski definition) is 3. The number of hydrogen-bond acceptors (Lipinski definition) is 5. The van der Waals surface area contributed by atoms with E-state index in [1.54, 1.807) is 32.5 Å². The molecule has 0 spiro atoms. The number of rotatable bonds is 4. The van der Waals surface area contributed by atoms with Crippen molar-refractivity contribution < 1.29 is 19.4 Å². The smallest absolute Gasteiger partial charge is 0.408 e. The van der Waals surface area contributed by atoms with Crippen LogP contribution in [-0.4, -0.2) is 34.7 Å². The van der Waals surface area contributed by atoms with Crippen molar-refractivity contribution >= 4 is 23.8 Å². The molecule has 0 aliphatic carbocycles. The van der Waals surface area contributed by atoms with E-state index in [4.69, 9.17) is 9.84 Å². The lowest BCUT2D eigenvalue weighted by Gasteiger charge is -2.22. The number of carbonyl (C=O) groups is 2. The first-order valence-electron chi connectivity index (χ1n) is 5.55. The summed E-state index contributed by atoms with van der Waals surface area (Å²) in [6, 6.07) is -0.989. The molecule has 0 saturated heterocycles. The molecule has 18 heavy (non-hydrogen) atoms. The van der Waals surface area contributed by atoms with E-state index in [2.05, 4.69) is 10.6 Å². The zero-order chi connectivity index (χ0) is 13.8. The van der Waals surface area contributed by atoms with Gasteiger partial charge >= 0.3 is 12.1 Å². The number of thioether (sulfide) groups is 1. The average Bonchev–Trinajstić information content (AvgIpc) is 2.66. The third kappa shape index (κ3) is 5.31. The van der Waals surface area contributed by atoms with E-state index in [0.717, 1.165) is 11.6 Å². The van der Waals surface area contributed by atoms with Gasteiger partial charge in [-0.2, -0.15) is 0 Å². The number of carboxylic acid groups (broad SMARTS) is 1. The van der Waals surface area contributed by atoms with Crippen LogP contribution in [0.5, 0.6) is 0 Å². The molecule has 1 aliphatic heterocycles. The molecule has 0 radical (unpaired) electrons. The number of alkyl carbamates (subject to hydrolysis) is 1. The van der Waals surface area contributed by atoms with Gasteiger partial charge in [-0.25, -0.2) is 9.59 Å². The van der Waals surface area contributed by atoms with Gasteiger partial charge in [0.05, 0.1) is 5.88 Å². The van der Waals surface area contributed by atoms with Crippen molar-refractivity contribution in [3.05, 3.63) is 11.1 Å². The fourth-order valence-corrected chi connectivity index (χ4v) is 2.04. The van der Waals surface area contributed by atoms with E-state index in [1.165, 1.54) is 0 Å². The Balaban J connectivity index is 2.52. The van der Waals surface area contributed by atoms with Gasteiger partial charge in [0.1, 0.15) is 11.6 Å². The lowest BCUT2D eigenvalue weighted by atomic mass is 10.1.